The van der Waals surface area contributed by atoms with Gasteiger partial charge in [0.2, 0.25) is 0 Å². The van der Waals surface area contributed by atoms with Gasteiger partial charge in [0.15, 0.2) is 0 Å². The summed E-state index contributed by atoms with van der Waals surface area (Å²) in [6, 6.07) is 0.590. The van der Waals surface area contributed by atoms with Gasteiger partial charge in [-0.05, 0) is 13.0 Å². The first-order valence-corrected chi connectivity index (χ1v) is 5.96. The maximum atomic E-state index is 3.78. The lowest BCUT2D eigenvalue weighted by molar-refractivity contribution is 0.579. The highest BCUT2D eigenvalue weighted by Crippen LogP contribution is 2.24. The molecule has 0 amide bonds. The van der Waals surface area contributed by atoms with Crippen molar-refractivity contribution < 1.29 is 0 Å². The van der Waals surface area contributed by atoms with Gasteiger partial charge >= 0.3 is 0 Å². The van der Waals surface area contributed by atoms with Crippen molar-refractivity contribution in [2.75, 3.05) is 12.3 Å². The van der Waals surface area contributed by atoms with E-state index in [1.165, 1.54) is 5.75 Å². The van der Waals surface area contributed by atoms with E-state index in [4.69, 9.17) is 0 Å². The molecule has 0 heterocycles. The largest absolute Gasteiger partial charge is 0.313 e. The van der Waals surface area contributed by atoms with Gasteiger partial charge in [0.1, 0.15) is 0 Å². The molecule has 1 atom stereocenters. The first-order chi connectivity index (χ1) is 5.99. The molecule has 13 heavy (non-hydrogen) atoms. The van der Waals surface area contributed by atoms with E-state index in [1.54, 1.807) is 0 Å². The average Bonchev–Trinajstić information content (AvgIpc) is 2.00. The van der Waals surface area contributed by atoms with Crippen LogP contribution in [0.5, 0.6) is 0 Å². The quantitative estimate of drug-likeness (QED) is 0.663. The van der Waals surface area contributed by atoms with Crippen LogP contribution in [0, 0.1) is 0 Å². The van der Waals surface area contributed by atoms with E-state index in [0.717, 1.165) is 13.0 Å². The normalized spacial score (nSPS) is 14.2. The monoisotopic (exact) mass is 201 g/mol. The molecule has 0 aromatic heterocycles. The third-order valence-electron chi connectivity index (χ3n) is 1.66. The maximum Gasteiger partial charge on any atom is 0.0192 e. The van der Waals surface area contributed by atoms with Gasteiger partial charge in [-0.1, -0.05) is 33.8 Å². The second-order valence-electron chi connectivity index (χ2n) is 4.20. The lowest BCUT2D eigenvalue weighted by Crippen LogP contribution is -2.32. The minimum atomic E-state index is 0.370. The summed E-state index contributed by atoms with van der Waals surface area (Å²) in [5, 5.41) is 3.46. The fraction of sp³-hybridized carbons (Fsp3) is 0.818. The summed E-state index contributed by atoms with van der Waals surface area (Å²) in [5.74, 6) is 1.17. The van der Waals surface area contributed by atoms with Crippen molar-refractivity contribution in [2.24, 2.45) is 0 Å². The Morgan fingerprint density at radius 1 is 1.46 bits per heavy atom. The van der Waals surface area contributed by atoms with E-state index >= 15 is 0 Å². The Labute approximate surface area is 87.4 Å². The zero-order valence-electron chi connectivity index (χ0n) is 9.39. The fourth-order valence-electron chi connectivity index (χ4n) is 1.05. The van der Waals surface area contributed by atoms with E-state index < -0.39 is 0 Å². The molecule has 0 radical (unpaired) electrons. The van der Waals surface area contributed by atoms with Gasteiger partial charge in [0, 0.05) is 16.5 Å². The standard InChI is InChI=1S/C11H23NS/c1-6-8-10(12-7-2)9-13-11(3,4)5/h6,10,12H,1,7-9H2,2-5H3. The Kier molecular flexibility index (Phi) is 6.52. The summed E-state index contributed by atoms with van der Waals surface area (Å²) < 4.78 is 0.370. The SMILES string of the molecule is C=CCC(CSC(C)(C)C)NCC. The van der Waals surface area contributed by atoms with Gasteiger partial charge < -0.3 is 5.32 Å². The lowest BCUT2D eigenvalue weighted by Gasteiger charge is -2.22. The summed E-state index contributed by atoms with van der Waals surface area (Å²) >= 11 is 2.01. The Morgan fingerprint density at radius 2 is 2.08 bits per heavy atom. The zero-order valence-corrected chi connectivity index (χ0v) is 10.2. The Morgan fingerprint density at radius 3 is 2.46 bits per heavy atom. The van der Waals surface area contributed by atoms with Gasteiger partial charge in [-0.2, -0.15) is 11.8 Å². The molecule has 78 valence electrons. The van der Waals surface area contributed by atoms with Crippen LogP contribution in [-0.2, 0) is 0 Å². The van der Waals surface area contributed by atoms with E-state index in [2.05, 4.69) is 39.6 Å². The van der Waals surface area contributed by atoms with Crippen LogP contribution in [0.3, 0.4) is 0 Å². The van der Waals surface area contributed by atoms with E-state index in [-0.39, 0.29) is 0 Å². The van der Waals surface area contributed by atoms with Gasteiger partial charge in [-0.3, -0.25) is 0 Å². The van der Waals surface area contributed by atoms with Crippen LogP contribution >= 0.6 is 11.8 Å². The third-order valence-corrected chi connectivity index (χ3v) is 3.10. The molecule has 0 aliphatic carbocycles. The molecule has 0 rings (SSSR count). The molecule has 0 aromatic rings. The predicted octanol–water partition coefficient (Wildman–Crippen LogP) is 3.07. The smallest absolute Gasteiger partial charge is 0.0192 e. The highest BCUT2D eigenvalue weighted by molar-refractivity contribution is 8.00. The molecule has 0 bridgehead atoms. The molecule has 0 saturated heterocycles. The molecular weight excluding hydrogens is 178 g/mol. The summed E-state index contributed by atoms with van der Waals surface area (Å²) in [6.45, 7) is 13.7. The first-order valence-electron chi connectivity index (χ1n) is 4.98. The Balaban J connectivity index is 3.74. The van der Waals surface area contributed by atoms with Gasteiger partial charge in [-0.25, -0.2) is 0 Å². The molecular formula is C11H23NS. The average molecular weight is 201 g/mol. The maximum absolute atomic E-state index is 3.78. The lowest BCUT2D eigenvalue weighted by atomic mass is 10.2. The van der Waals surface area contributed by atoms with Crippen molar-refractivity contribution in [3.05, 3.63) is 12.7 Å². The highest BCUT2D eigenvalue weighted by atomic mass is 32.2. The molecule has 0 aromatic carbocycles. The molecule has 2 heteroatoms. The molecule has 0 aliphatic heterocycles. The predicted molar refractivity (Wildman–Crippen MR) is 64.5 cm³/mol. The fourth-order valence-corrected chi connectivity index (χ4v) is 2.01. The summed E-state index contributed by atoms with van der Waals surface area (Å²) in [6.07, 6.45) is 3.06. The van der Waals surface area contributed by atoms with Crippen molar-refractivity contribution in [2.45, 2.75) is 44.9 Å². The van der Waals surface area contributed by atoms with Crippen molar-refractivity contribution in [3.8, 4) is 0 Å². The minimum Gasteiger partial charge on any atom is -0.313 e. The third kappa shape index (κ3) is 8.38. The Bertz CT molecular complexity index is 138. The van der Waals surface area contributed by atoms with Gasteiger partial charge in [0.25, 0.3) is 0 Å². The van der Waals surface area contributed by atoms with Crippen molar-refractivity contribution >= 4 is 11.8 Å². The second kappa shape index (κ2) is 6.50. The number of nitrogens with one attached hydrogen (secondary N) is 1. The van der Waals surface area contributed by atoms with Crippen LogP contribution in [0.4, 0.5) is 0 Å². The van der Waals surface area contributed by atoms with Crippen molar-refractivity contribution in [3.63, 3.8) is 0 Å². The van der Waals surface area contributed by atoms with E-state index in [9.17, 15) is 0 Å². The molecule has 0 saturated carbocycles. The van der Waals surface area contributed by atoms with Crippen LogP contribution in [0.25, 0.3) is 0 Å². The second-order valence-corrected chi connectivity index (χ2v) is 6.05. The van der Waals surface area contributed by atoms with Crippen molar-refractivity contribution in [1.82, 2.24) is 5.32 Å². The summed E-state index contributed by atoms with van der Waals surface area (Å²) in [4.78, 5) is 0. The number of hydrogen-bond donors (Lipinski definition) is 1. The number of hydrogen-bond acceptors (Lipinski definition) is 2. The minimum absolute atomic E-state index is 0.370. The van der Waals surface area contributed by atoms with Crippen molar-refractivity contribution in [1.29, 1.82) is 0 Å². The first kappa shape index (κ1) is 13.1. The molecule has 1 N–H and O–H groups in total. The van der Waals surface area contributed by atoms with Crippen LogP contribution in [0.2, 0.25) is 0 Å². The van der Waals surface area contributed by atoms with Gasteiger partial charge in [0.05, 0.1) is 0 Å². The molecule has 0 fully saturated rings. The molecule has 1 unspecified atom stereocenters. The van der Waals surface area contributed by atoms with Crippen LogP contribution in [0.15, 0.2) is 12.7 Å². The topological polar surface area (TPSA) is 12.0 Å². The zero-order chi connectivity index (χ0) is 10.3. The van der Waals surface area contributed by atoms with Gasteiger partial charge in [-0.15, -0.1) is 6.58 Å². The number of rotatable bonds is 6. The van der Waals surface area contributed by atoms with Crippen LogP contribution in [-0.4, -0.2) is 23.1 Å². The van der Waals surface area contributed by atoms with Crippen LogP contribution < -0.4 is 5.32 Å². The summed E-state index contributed by atoms with van der Waals surface area (Å²) in [5.41, 5.74) is 0. The molecule has 0 aliphatic rings. The molecule has 1 nitrogen and oxygen atoms in total. The molecule has 0 spiro atoms. The Hall–Kier alpha value is 0.0500. The van der Waals surface area contributed by atoms with E-state index in [1.807, 2.05) is 17.8 Å². The number of thioether (sulfide) groups is 1. The summed E-state index contributed by atoms with van der Waals surface area (Å²) in [7, 11) is 0. The van der Waals surface area contributed by atoms with E-state index in [0.29, 0.717) is 10.8 Å². The van der Waals surface area contributed by atoms with Crippen LogP contribution in [0.1, 0.15) is 34.1 Å². The highest BCUT2D eigenvalue weighted by Gasteiger charge is 2.13.